The van der Waals surface area contributed by atoms with Crippen LogP contribution >= 0.6 is 0 Å². The molecule has 78 heavy (non-hydrogen) atoms. The van der Waals surface area contributed by atoms with Crippen molar-refractivity contribution in [1.82, 2.24) is 5.32 Å². The van der Waals surface area contributed by atoms with Gasteiger partial charge in [0, 0.05) is 12.8 Å². The number of hydrogen-bond donors (Lipinski definition) is 3. The van der Waals surface area contributed by atoms with Gasteiger partial charge in [0.25, 0.3) is 0 Å². The molecule has 0 aliphatic carbocycles. The number of allylic oxidation sites excluding steroid dienone is 5. The fourth-order valence-corrected chi connectivity index (χ4v) is 11.0. The lowest BCUT2D eigenvalue weighted by Crippen LogP contribution is -2.45. The van der Waals surface area contributed by atoms with E-state index in [2.05, 4.69) is 43.5 Å². The van der Waals surface area contributed by atoms with Gasteiger partial charge in [-0.25, -0.2) is 0 Å². The Balaban J connectivity index is 3.28. The zero-order chi connectivity index (χ0) is 56.4. The van der Waals surface area contributed by atoms with E-state index in [1.807, 2.05) is 6.08 Å². The molecule has 0 aromatic carbocycles. The van der Waals surface area contributed by atoms with E-state index in [1.54, 1.807) is 6.08 Å². The summed E-state index contributed by atoms with van der Waals surface area (Å²) in [5.41, 5.74) is 0. The van der Waals surface area contributed by atoms with Crippen LogP contribution in [-0.2, 0) is 14.3 Å². The van der Waals surface area contributed by atoms with Crippen LogP contribution in [0.4, 0.5) is 0 Å². The van der Waals surface area contributed by atoms with Crippen molar-refractivity contribution in [3.05, 3.63) is 36.5 Å². The van der Waals surface area contributed by atoms with Crippen LogP contribution in [0.2, 0.25) is 0 Å². The molecule has 6 nitrogen and oxygen atoms in total. The molecule has 2 atom stereocenters. The van der Waals surface area contributed by atoms with Crippen molar-refractivity contribution in [2.45, 2.75) is 398 Å². The molecule has 0 aliphatic rings. The van der Waals surface area contributed by atoms with Gasteiger partial charge < -0.3 is 20.3 Å². The first-order valence-electron chi connectivity index (χ1n) is 35.3. The van der Waals surface area contributed by atoms with Crippen molar-refractivity contribution in [2.75, 3.05) is 13.2 Å². The summed E-state index contributed by atoms with van der Waals surface area (Å²) in [5.74, 6) is -0.0545. The van der Waals surface area contributed by atoms with Gasteiger partial charge in [0.15, 0.2) is 0 Å². The highest BCUT2D eigenvalue weighted by Gasteiger charge is 2.18. The Bertz CT molecular complexity index is 1260. The van der Waals surface area contributed by atoms with Crippen LogP contribution in [0.25, 0.3) is 0 Å². The van der Waals surface area contributed by atoms with Crippen LogP contribution in [0.1, 0.15) is 386 Å². The van der Waals surface area contributed by atoms with Crippen LogP contribution in [-0.4, -0.2) is 47.4 Å². The smallest absolute Gasteiger partial charge is 0.305 e. The molecule has 3 N–H and O–H groups in total. The number of hydrogen-bond acceptors (Lipinski definition) is 5. The van der Waals surface area contributed by atoms with Gasteiger partial charge in [-0.05, 0) is 64.2 Å². The molecule has 0 heterocycles. The molecular formula is C72H137NO5. The fourth-order valence-electron chi connectivity index (χ4n) is 11.0. The number of esters is 1. The second-order valence-electron chi connectivity index (χ2n) is 24.2. The van der Waals surface area contributed by atoms with E-state index in [0.717, 1.165) is 51.4 Å². The zero-order valence-corrected chi connectivity index (χ0v) is 52.7. The zero-order valence-electron chi connectivity index (χ0n) is 52.7. The Morgan fingerprint density at radius 3 is 1.00 bits per heavy atom. The molecule has 0 saturated carbocycles. The summed E-state index contributed by atoms with van der Waals surface area (Å²) in [6.07, 6.45) is 86.9. The maximum atomic E-state index is 12.4. The lowest BCUT2D eigenvalue weighted by Gasteiger charge is -2.20. The minimum Gasteiger partial charge on any atom is -0.466 e. The average molecular weight is 1100 g/mol. The number of aliphatic hydroxyl groups is 2. The van der Waals surface area contributed by atoms with E-state index in [0.29, 0.717) is 19.4 Å². The van der Waals surface area contributed by atoms with Gasteiger partial charge in [0.05, 0.1) is 25.4 Å². The quantitative estimate of drug-likeness (QED) is 0.0320. The van der Waals surface area contributed by atoms with E-state index in [9.17, 15) is 19.8 Å². The van der Waals surface area contributed by atoms with Crippen LogP contribution in [0.15, 0.2) is 36.5 Å². The van der Waals surface area contributed by atoms with Crippen molar-refractivity contribution in [3.63, 3.8) is 0 Å². The molecular weight excluding hydrogens is 959 g/mol. The monoisotopic (exact) mass is 1100 g/mol. The van der Waals surface area contributed by atoms with Crippen molar-refractivity contribution >= 4 is 11.9 Å². The SMILES string of the molecule is CCCCC/C=C\C/C=C\CCCCCCCC(=O)OCCCCCCCCCCCCCCCCCCCCCCCCCCCCCCCCCCCCCCCC(=O)NC(CO)C(O)/C=C/CCCCCCCCC. The van der Waals surface area contributed by atoms with Gasteiger partial charge in [0.2, 0.25) is 5.91 Å². The van der Waals surface area contributed by atoms with Crippen LogP contribution in [0.3, 0.4) is 0 Å². The number of carbonyl (C=O) groups is 2. The third kappa shape index (κ3) is 63.3. The van der Waals surface area contributed by atoms with Crippen molar-refractivity contribution < 1.29 is 24.5 Å². The van der Waals surface area contributed by atoms with Gasteiger partial charge in [0.1, 0.15) is 0 Å². The average Bonchev–Trinajstić information content (AvgIpc) is 3.44. The third-order valence-corrected chi connectivity index (χ3v) is 16.4. The molecule has 460 valence electrons. The van der Waals surface area contributed by atoms with Gasteiger partial charge >= 0.3 is 5.97 Å². The predicted octanol–water partition coefficient (Wildman–Crippen LogP) is 22.7. The molecule has 0 aromatic rings. The maximum Gasteiger partial charge on any atom is 0.305 e. The molecule has 2 unspecified atom stereocenters. The number of aliphatic hydroxyl groups excluding tert-OH is 2. The largest absolute Gasteiger partial charge is 0.466 e. The minimum atomic E-state index is -0.838. The first-order chi connectivity index (χ1) is 38.5. The highest BCUT2D eigenvalue weighted by atomic mass is 16.5. The van der Waals surface area contributed by atoms with Crippen molar-refractivity contribution in [1.29, 1.82) is 0 Å². The highest BCUT2D eigenvalue weighted by Crippen LogP contribution is 2.19. The van der Waals surface area contributed by atoms with E-state index in [-0.39, 0.29) is 18.5 Å². The van der Waals surface area contributed by atoms with E-state index in [1.165, 1.54) is 308 Å². The molecule has 1 amide bonds. The molecule has 0 aromatic heterocycles. The summed E-state index contributed by atoms with van der Waals surface area (Å²) < 4.78 is 5.49. The topological polar surface area (TPSA) is 95.9 Å². The number of carbonyl (C=O) groups excluding carboxylic acids is 2. The molecule has 0 rings (SSSR count). The number of unbranched alkanes of at least 4 members (excludes halogenated alkanes) is 51. The van der Waals surface area contributed by atoms with Gasteiger partial charge in [-0.1, -0.05) is 346 Å². The number of rotatable bonds is 66. The first kappa shape index (κ1) is 76.1. The molecule has 0 fully saturated rings. The molecule has 0 saturated heterocycles. The normalized spacial score (nSPS) is 12.7. The molecule has 0 bridgehead atoms. The maximum absolute atomic E-state index is 12.4. The first-order valence-corrected chi connectivity index (χ1v) is 35.3. The Kier molecular flexibility index (Phi) is 65.9. The number of amides is 1. The third-order valence-electron chi connectivity index (χ3n) is 16.4. The Hall–Kier alpha value is -1.92. The van der Waals surface area contributed by atoms with Crippen LogP contribution < -0.4 is 5.32 Å². The second-order valence-corrected chi connectivity index (χ2v) is 24.2. The van der Waals surface area contributed by atoms with Gasteiger partial charge in [-0.15, -0.1) is 0 Å². The lowest BCUT2D eigenvalue weighted by molar-refractivity contribution is -0.143. The predicted molar refractivity (Wildman–Crippen MR) is 343 cm³/mol. The van der Waals surface area contributed by atoms with E-state index in [4.69, 9.17) is 4.74 Å². The summed E-state index contributed by atoms with van der Waals surface area (Å²) in [5, 5.41) is 23.0. The van der Waals surface area contributed by atoms with E-state index < -0.39 is 12.1 Å². The molecule has 0 aliphatic heterocycles. The summed E-state index contributed by atoms with van der Waals surface area (Å²) in [4.78, 5) is 24.5. The lowest BCUT2D eigenvalue weighted by atomic mass is 10.0. The van der Waals surface area contributed by atoms with Crippen LogP contribution in [0.5, 0.6) is 0 Å². The molecule has 6 heteroatoms. The Morgan fingerprint density at radius 1 is 0.359 bits per heavy atom. The number of ether oxygens (including phenoxy) is 1. The summed E-state index contributed by atoms with van der Waals surface area (Å²) in [6, 6.07) is -0.621. The standard InChI is InChI=1S/C72H137NO5/c1-3-5-7-9-11-13-14-15-39-43-46-50-54-58-62-66-72(77)78-67-63-59-55-51-47-44-41-38-36-34-32-30-28-26-24-22-20-18-16-17-19-21-23-25-27-29-31-33-35-37-40-42-45-49-53-57-61-65-71(76)73-69(68-74)70(75)64-60-56-52-48-12-10-8-6-4-2/h11,13,15,39,60,64,69-70,74-75H,3-10,12,14,16-38,40-59,61-63,65-68H2,1-2H3,(H,73,76)/b13-11-,39-15-,64-60+. The molecule has 0 spiro atoms. The highest BCUT2D eigenvalue weighted by molar-refractivity contribution is 5.76. The van der Waals surface area contributed by atoms with Gasteiger partial charge in [-0.2, -0.15) is 0 Å². The second kappa shape index (κ2) is 67.6. The van der Waals surface area contributed by atoms with Gasteiger partial charge in [-0.3, -0.25) is 9.59 Å². The van der Waals surface area contributed by atoms with Crippen molar-refractivity contribution in [2.24, 2.45) is 0 Å². The number of nitrogens with one attached hydrogen (secondary N) is 1. The van der Waals surface area contributed by atoms with E-state index >= 15 is 0 Å². The Morgan fingerprint density at radius 2 is 0.641 bits per heavy atom. The Labute approximate surface area is 487 Å². The summed E-state index contributed by atoms with van der Waals surface area (Å²) in [6.45, 7) is 4.87. The summed E-state index contributed by atoms with van der Waals surface area (Å²) in [7, 11) is 0. The van der Waals surface area contributed by atoms with Crippen LogP contribution in [0, 0.1) is 0 Å². The molecule has 0 radical (unpaired) electrons. The summed E-state index contributed by atoms with van der Waals surface area (Å²) >= 11 is 0. The minimum absolute atomic E-state index is 0.00922. The fraction of sp³-hybridized carbons (Fsp3) is 0.889. The van der Waals surface area contributed by atoms with Crippen molar-refractivity contribution in [3.8, 4) is 0 Å².